The largest absolute Gasteiger partial charge is 0.573 e. The van der Waals surface area contributed by atoms with Crippen LogP contribution >= 0.6 is 0 Å². The SMILES string of the molecule is CC(C)(C)C1CCC2(CC1)CCN(c1ccc(OC(F)(F)F)cc1)C(=O)N2Cc1ccc(C(=O)O)cc1. The molecular weight excluding hydrogens is 485 g/mol. The molecule has 0 atom stereocenters. The van der Waals surface area contributed by atoms with Gasteiger partial charge in [0.2, 0.25) is 0 Å². The zero-order valence-corrected chi connectivity index (χ0v) is 21.3. The van der Waals surface area contributed by atoms with Gasteiger partial charge in [0.15, 0.2) is 0 Å². The van der Waals surface area contributed by atoms with E-state index in [9.17, 15) is 27.9 Å². The Balaban J connectivity index is 1.60. The first kappa shape index (κ1) is 26.8. The van der Waals surface area contributed by atoms with Gasteiger partial charge in [-0.25, -0.2) is 9.59 Å². The van der Waals surface area contributed by atoms with Crippen LogP contribution in [0.1, 0.15) is 68.8 Å². The van der Waals surface area contributed by atoms with Crippen molar-refractivity contribution in [3.05, 3.63) is 59.7 Å². The van der Waals surface area contributed by atoms with Crippen LogP contribution in [-0.4, -0.2) is 40.5 Å². The first-order valence-electron chi connectivity index (χ1n) is 12.5. The fourth-order valence-corrected chi connectivity index (χ4v) is 5.68. The van der Waals surface area contributed by atoms with E-state index in [0.717, 1.165) is 37.7 Å². The number of carboxylic acid groups (broad SMARTS) is 1. The molecule has 37 heavy (non-hydrogen) atoms. The van der Waals surface area contributed by atoms with Crippen LogP contribution < -0.4 is 9.64 Å². The highest BCUT2D eigenvalue weighted by molar-refractivity contribution is 5.93. The fourth-order valence-electron chi connectivity index (χ4n) is 5.68. The van der Waals surface area contributed by atoms with Crippen molar-refractivity contribution in [1.82, 2.24) is 4.90 Å². The monoisotopic (exact) mass is 518 g/mol. The number of benzene rings is 2. The van der Waals surface area contributed by atoms with Crippen LogP contribution in [0.5, 0.6) is 5.75 Å². The molecule has 1 heterocycles. The van der Waals surface area contributed by atoms with Gasteiger partial charge < -0.3 is 14.7 Å². The zero-order chi connectivity index (χ0) is 27.0. The summed E-state index contributed by atoms with van der Waals surface area (Å²) in [5.74, 6) is -0.793. The molecule has 0 bridgehead atoms. The summed E-state index contributed by atoms with van der Waals surface area (Å²) in [5, 5.41) is 9.23. The standard InChI is InChI=1S/C28H33F3N2O4/c1-26(2,3)21-12-14-27(15-13-21)16-17-32(22-8-10-23(11-9-22)37-28(29,30)31)25(36)33(27)18-19-4-6-20(7-5-19)24(34)35/h4-11,21H,12-18H2,1-3H3,(H,34,35). The molecule has 2 aromatic rings. The number of anilines is 1. The van der Waals surface area contributed by atoms with Crippen LogP contribution in [0.4, 0.5) is 23.7 Å². The van der Waals surface area contributed by atoms with Crippen LogP contribution in [0, 0.1) is 11.3 Å². The molecule has 1 saturated carbocycles. The number of urea groups is 1. The maximum Gasteiger partial charge on any atom is 0.573 e. The number of carbonyl (C=O) groups is 2. The number of aromatic carboxylic acids is 1. The molecule has 200 valence electrons. The minimum absolute atomic E-state index is 0.178. The molecule has 0 aromatic heterocycles. The van der Waals surface area contributed by atoms with Gasteiger partial charge in [-0.1, -0.05) is 32.9 Å². The maximum atomic E-state index is 13.9. The summed E-state index contributed by atoms with van der Waals surface area (Å²) >= 11 is 0. The minimum Gasteiger partial charge on any atom is -0.478 e. The summed E-state index contributed by atoms with van der Waals surface area (Å²) < 4.78 is 41.7. The van der Waals surface area contributed by atoms with Crippen molar-refractivity contribution >= 4 is 17.7 Å². The molecule has 1 N–H and O–H groups in total. The molecule has 0 unspecified atom stereocenters. The number of alkyl halides is 3. The highest BCUT2D eigenvalue weighted by atomic mass is 19.4. The molecular formula is C28H33F3N2O4. The van der Waals surface area contributed by atoms with E-state index >= 15 is 0 Å². The Hall–Kier alpha value is -3.23. The lowest BCUT2D eigenvalue weighted by atomic mass is 9.65. The number of nitrogens with zero attached hydrogens (tertiary/aromatic N) is 2. The number of hydrogen-bond acceptors (Lipinski definition) is 3. The smallest absolute Gasteiger partial charge is 0.478 e. The Labute approximate surface area is 215 Å². The lowest BCUT2D eigenvalue weighted by Gasteiger charge is -2.54. The van der Waals surface area contributed by atoms with Gasteiger partial charge in [0.1, 0.15) is 5.75 Å². The summed E-state index contributed by atoms with van der Waals surface area (Å²) in [6.07, 6.45) is -0.277. The van der Waals surface area contributed by atoms with Gasteiger partial charge >= 0.3 is 18.4 Å². The van der Waals surface area contributed by atoms with Gasteiger partial charge in [0, 0.05) is 24.3 Å². The number of amides is 2. The van der Waals surface area contributed by atoms with Gasteiger partial charge in [0.25, 0.3) is 0 Å². The number of carbonyl (C=O) groups excluding carboxylic acids is 1. The first-order valence-corrected chi connectivity index (χ1v) is 12.5. The molecule has 1 aliphatic heterocycles. The second-order valence-corrected chi connectivity index (χ2v) is 11.2. The van der Waals surface area contributed by atoms with Gasteiger partial charge in [-0.2, -0.15) is 0 Å². The van der Waals surface area contributed by atoms with Crippen LogP contribution in [-0.2, 0) is 6.54 Å². The summed E-state index contributed by atoms with van der Waals surface area (Å²) in [5.41, 5.74) is 1.37. The van der Waals surface area contributed by atoms with Crippen molar-refractivity contribution in [2.45, 2.75) is 71.3 Å². The van der Waals surface area contributed by atoms with Crippen molar-refractivity contribution in [3.8, 4) is 5.75 Å². The molecule has 4 rings (SSSR count). The molecule has 2 aromatic carbocycles. The van der Waals surface area contributed by atoms with Crippen LogP contribution in [0.2, 0.25) is 0 Å². The van der Waals surface area contributed by atoms with Crippen LogP contribution in [0.3, 0.4) is 0 Å². The van der Waals surface area contributed by atoms with E-state index in [2.05, 4.69) is 25.5 Å². The fraction of sp³-hybridized carbons (Fsp3) is 0.500. The van der Waals surface area contributed by atoms with Crippen LogP contribution in [0.25, 0.3) is 0 Å². The van der Waals surface area contributed by atoms with Crippen molar-refractivity contribution in [2.75, 3.05) is 11.4 Å². The number of carboxylic acids is 1. The Morgan fingerprint density at radius 3 is 2.11 bits per heavy atom. The third-order valence-corrected chi connectivity index (χ3v) is 7.90. The zero-order valence-electron chi connectivity index (χ0n) is 21.3. The second-order valence-electron chi connectivity index (χ2n) is 11.2. The normalized spacial score (nSPS) is 22.9. The molecule has 9 heteroatoms. The van der Waals surface area contributed by atoms with E-state index in [1.54, 1.807) is 17.0 Å². The summed E-state index contributed by atoms with van der Waals surface area (Å²) in [7, 11) is 0. The second kappa shape index (κ2) is 9.91. The average molecular weight is 519 g/mol. The molecule has 2 aliphatic rings. The van der Waals surface area contributed by atoms with Crippen LogP contribution in [0.15, 0.2) is 48.5 Å². The summed E-state index contributed by atoms with van der Waals surface area (Å²) in [6, 6.07) is 11.7. The van der Waals surface area contributed by atoms with Gasteiger partial charge in [-0.3, -0.25) is 4.90 Å². The predicted molar refractivity (Wildman–Crippen MR) is 134 cm³/mol. The van der Waals surface area contributed by atoms with E-state index in [1.165, 1.54) is 36.4 Å². The molecule has 1 aliphatic carbocycles. The van der Waals surface area contributed by atoms with E-state index in [-0.39, 0.29) is 28.3 Å². The average Bonchev–Trinajstić information content (AvgIpc) is 2.82. The van der Waals surface area contributed by atoms with Gasteiger partial charge in [-0.15, -0.1) is 13.2 Å². The minimum atomic E-state index is -4.78. The summed E-state index contributed by atoms with van der Waals surface area (Å²) in [6.45, 7) is 7.53. The number of rotatable bonds is 5. The number of hydrogen-bond donors (Lipinski definition) is 1. The lowest BCUT2D eigenvalue weighted by molar-refractivity contribution is -0.274. The van der Waals surface area contributed by atoms with Crippen molar-refractivity contribution in [1.29, 1.82) is 0 Å². The molecule has 2 amide bonds. The highest BCUT2D eigenvalue weighted by Gasteiger charge is 2.48. The van der Waals surface area contributed by atoms with E-state index < -0.39 is 12.3 Å². The van der Waals surface area contributed by atoms with Gasteiger partial charge in [0.05, 0.1) is 5.56 Å². The topological polar surface area (TPSA) is 70.1 Å². The van der Waals surface area contributed by atoms with Crippen molar-refractivity contribution in [2.24, 2.45) is 11.3 Å². The molecule has 0 radical (unpaired) electrons. The third kappa shape index (κ3) is 6.02. The summed E-state index contributed by atoms with van der Waals surface area (Å²) in [4.78, 5) is 28.7. The van der Waals surface area contributed by atoms with Crippen molar-refractivity contribution < 1.29 is 32.6 Å². The molecule has 1 spiro atoms. The number of ether oxygens (including phenoxy) is 1. The predicted octanol–water partition coefficient (Wildman–Crippen LogP) is 7.09. The first-order chi connectivity index (χ1) is 17.3. The third-order valence-electron chi connectivity index (χ3n) is 7.90. The molecule has 2 fully saturated rings. The molecule has 1 saturated heterocycles. The maximum absolute atomic E-state index is 13.9. The van der Waals surface area contributed by atoms with E-state index in [1.807, 2.05) is 4.90 Å². The Morgan fingerprint density at radius 1 is 1.00 bits per heavy atom. The quantitative estimate of drug-likeness (QED) is 0.459. The van der Waals surface area contributed by atoms with Gasteiger partial charge in [-0.05, 0) is 85.4 Å². The highest BCUT2D eigenvalue weighted by Crippen LogP contribution is 2.47. The lowest BCUT2D eigenvalue weighted by Crippen LogP contribution is -2.63. The molecule has 6 nitrogen and oxygen atoms in total. The Morgan fingerprint density at radius 2 is 1.59 bits per heavy atom. The van der Waals surface area contributed by atoms with Crippen molar-refractivity contribution in [3.63, 3.8) is 0 Å². The number of halogens is 3. The Kier molecular flexibility index (Phi) is 7.18. The van der Waals surface area contributed by atoms with E-state index in [4.69, 9.17) is 0 Å². The Bertz CT molecular complexity index is 1120. The van der Waals surface area contributed by atoms with E-state index in [0.29, 0.717) is 24.7 Å².